The first-order chi connectivity index (χ1) is 11.5. The Bertz CT molecular complexity index is 736. The van der Waals surface area contributed by atoms with Crippen LogP contribution in [0.5, 0.6) is 0 Å². The second-order valence-corrected chi connectivity index (χ2v) is 6.76. The number of hydrogen-bond acceptors (Lipinski definition) is 3. The van der Waals surface area contributed by atoms with Crippen LogP contribution in [0.15, 0.2) is 33.7 Å². The van der Waals surface area contributed by atoms with Crippen LogP contribution in [0.3, 0.4) is 0 Å². The first-order valence-electron chi connectivity index (χ1n) is 8.16. The number of aliphatic imine (C=N–C) groups is 1. The summed E-state index contributed by atoms with van der Waals surface area (Å²) in [7, 11) is 1.76. The molecular weight excluding hydrogens is 451 g/mol. The van der Waals surface area contributed by atoms with Crippen LogP contribution in [0.4, 0.5) is 0 Å². The van der Waals surface area contributed by atoms with Gasteiger partial charge in [-0.2, -0.15) is 0 Å². The van der Waals surface area contributed by atoms with Gasteiger partial charge in [-0.15, -0.1) is 24.0 Å². The molecule has 3 rings (SSSR count). The molecule has 1 aliphatic carbocycles. The zero-order valence-electron chi connectivity index (χ0n) is 14.7. The van der Waals surface area contributed by atoms with Gasteiger partial charge in [-0.1, -0.05) is 23.7 Å². The summed E-state index contributed by atoms with van der Waals surface area (Å²) >= 11 is 6.13. The van der Waals surface area contributed by atoms with E-state index in [-0.39, 0.29) is 29.4 Å². The minimum absolute atomic E-state index is 0. The average Bonchev–Trinajstić information content (AvgIpc) is 3.29. The van der Waals surface area contributed by atoms with Gasteiger partial charge >= 0.3 is 0 Å². The minimum atomic E-state index is 0. The second kappa shape index (κ2) is 8.40. The number of oxazole rings is 1. The molecule has 1 heterocycles. The van der Waals surface area contributed by atoms with Gasteiger partial charge in [-0.3, -0.25) is 4.99 Å². The summed E-state index contributed by atoms with van der Waals surface area (Å²) < 4.78 is 5.58. The molecule has 2 N–H and O–H groups in total. The normalized spacial score (nSPS) is 15.4. The summed E-state index contributed by atoms with van der Waals surface area (Å²) in [5.41, 5.74) is 2.38. The highest BCUT2D eigenvalue weighted by Crippen LogP contribution is 2.48. The molecule has 5 nitrogen and oxygen atoms in total. The molecule has 1 aliphatic rings. The van der Waals surface area contributed by atoms with E-state index in [0.717, 1.165) is 41.8 Å². The molecule has 1 saturated carbocycles. The summed E-state index contributed by atoms with van der Waals surface area (Å²) in [6, 6.07) is 8.13. The first-order valence-corrected chi connectivity index (χ1v) is 8.54. The Hall–Kier alpha value is -1.28. The third kappa shape index (κ3) is 4.88. The molecule has 1 aromatic carbocycles. The Labute approximate surface area is 170 Å². The quantitative estimate of drug-likeness (QED) is 0.391. The van der Waals surface area contributed by atoms with Crippen molar-refractivity contribution in [3.05, 3.63) is 52.2 Å². The predicted molar refractivity (Wildman–Crippen MR) is 112 cm³/mol. The standard InChI is InChI=1S/C18H23ClN4O.HI/c1-12-13(2)24-16(23-12)10-21-17(20-3)22-11-18(7-8-18)14-5-4-6-15(19)9-14;/h4-6,9H,7-8,10-11H2,1-3H3,(H2,20,21,22);1H. The maximum atomic E-state index is 6.13. The van der Waals surface area contributed by atoms with Crippen LogP contribution in [0.1, 0.15) is 35.7 Å². The van der Waals surface area contributed by atoms with E-state index in [9.17, 15) is 0 Å². The van der Waals surface area contributed by atoms with E-state index in [1.165, 1.54) is 5.56 Å². The molecule has 0 unspecified atom stereocenters. The molecule has 0 spiro atoms. The van der Waals surface area contributed by atoms with Crippen LogP contribution < -0.4 is 10.6 Å². The van der Waals surface area contributed by atoms with E-state index in [1.54, 1.807) is 7.05 Å². The molecule has 0 aliphatic heterocycles. The highest BCUT2D eigenvalue weighted by molar-refractivity contribution is 14.0. The molecule has 7 heteroatoms. The lowest BCUT2D eigenvalue weighted by atomic mass is 9.96. The Kier molecular flexibility index (Phi) is 6.73. The lowest BCUT2D eigenvalue weighted by molar-refractivity contribution is 0.463. The minimum Gasteiger partial charge on any atom is -0.444 e. The van der Waals surface area contributed by atoms with Gasteiger partial charge in [0.25, 0.3) is 0 Å². The van der Waals surface area contributed by atoms with Crippen LogP contribution in [-0.4, -0.2) is 24.5 Å². The molecule has 136 valence electrons. The van der Waals surface area contributed by atoms with Crippen molar-refractivity contribution in [2.45, 2.75) is 38.6 Å². The number of rotatable bonds is 5. The van der Waals surface area contributed by atoms with E-state index in [1.807, 2.05) is 26.0 Å². The second-order valence-electron chi connectivity index (χ2n) is 6.32. The number of halogens is 2. The van der Waals surface area contributed by atoms with Crippen LogP contribution in [0, 0.1) is 13.8 Å². The largest absolute Gasteiger partial charge is 0.444 e. The molecule has 0 radical (unpaired) electrons. The molecule has 0 bridgehead atoms. The highest BCUT2D eigenvalue weighted by Gasteiger charge is 2.44. The molecule has 2 aromatic rings. The zero-order chi connectivity index (χ0) is 17.2. The lowest BCUT2D eigenvalue weighted by Gasteiger charge is -2.19. The molecule has 1 aromatic heterocycles. The number of hydrogen-bond donors (Lipinski definition) is 2. The van der Waals surface area contributed by atoms with Gasteiger partial charge < -0.3 is 15.1 Å². The van der Waals surface area contributed by atoms with E-state index >= 15 is 0 Å². The number of nitrogens with one attached hydrogen (secondary N) is 2. The van der Waals surface area contributed by atoms with Crippen LogP contribution in [-0.2, 0) is 12.0 Å². The molecule has 0 saturated heterocycles. The smallest absolute Gasteiger partial charge is 0.214 e. The average molecular weight is 475 g/mol. The van der Waals surface area contributed by atoms with Crippen molar-refractivity contribution in [2.24, 2.45) is 4.99 Å². The Morgan fingerprint density at radius 2 is 2.08 bits per heavy atom. The summed E-state index contributed by atoms with van der Waals surface area (Å²) in [5.74, 6) is 2.27. The van der Waals surface area contributed by atoms with Gasteiger partial charge in [0.15, 0.2) is 5.96 Å². The van der Waals surface area contributed by atoms with Crippen molar-refractivity contribution in [1.82, 2.24) is 15.6 Å². The third-order valence-corrected chi connectivity index (χ3v) is 4.82. The topological polar surface area (TPSA) is 62.5 Å². The van der Waals surface area contributed by atoms with Crippen LogP contribution in [0.2, 0.25) is 5.02 Å². The van der Waals surface area contributed by atoms with E-state index in [4.69, 9.17) is 16.0 Å². The van der Waals surface area contributed by atoms with Crippen molar-refractivity contribution in [2.75, 3.05) is 13.6 Å². The molecule has 0 atom stereocenters. The summed E-state index contributed by atoms with van der Waals surface area (Å²) in [6.45, 7) is 5.20. The van der Waals surface area contributed by atoms with Crippen LogP contribution >= 0.6 is 35.6 Å². The highest BCUT2D eigenvalue weighted by atomic mass is 127. The maximum Gasteiger partial charge on any atom is 0.214 e. The summed E-state index contributed by atoms with van der Waals surface area (Å²) in [4.78, 5) is 8.64. The Morgan fingerprint density at radius 3 is 2.64 bits per heavy atom. The SMILES string of the molecule is CN=C(NCc1nc(C)c(C)o1)NCC1(c2cccc(Cl)c2)CC1.I. The van der Waals surface area contributed by atoms with Gasteiger partial charge in [-0.05, 0) is 44.4 Å². The molecule has 25 heavy (non-hydrogen) atoms. The Balaban J connectivity index is 0.00000225. The Morgan fingerprint density at radius 1 is 1.32 bits per heavy atom. The molecular formula is C18H24ClIN4O. The number of guanidine groups is 1. The van der Waals surface area contributed by atoms with Gasteiger partial charge in [0.05, 0.1) is 12.2 Å². The first kappa shape index (κ1) is 20.0. The lowest BCUT2D eigenvalue weighted by Crippen LogP contribution is -2.40. The number of benzene rings is 1. The number of nitrogens with zero attached hydrogens (tertiary/aromatic N) is 2. The van der Waals surface area contributed by atoms with E-state index in [2.05, 4.69) is 32.7 Å². The maximum absolute atomic E-state index is 6.13. The predicted octanol–water partition coefficient (Wildman–Crippen LogP) is 3.96. The van der Waals surface area contributed by atoms with Crippen LogP contribution in [0.25, 0.3) is 0 Å². The number of aromatic nitrogens is 1. The summed E-state index contributed by atoms with van der Waals surface area (Å²) in [5, 5.41) is 7.44. The zero-order valence-corrected chi connectivity index (χ0v) is 17.8. The van der Waals surface area contributed by atoms with Crippen molar-refractivity contribution < 1.29 is 4.42 Å². The van der Waals surface area contributed by atoms with Gasteiger partial charge in [-0.25, -0.2) is 4.98 Å². The molecule has 1 fully saturated rings. The van der Waals surface area contributed by atoms with Crippen molar-refractivity contribution in [3.63, 3.8) is 0 Å². The third-order valence-electron chi connectivity index (χ3n) is 4.59. The monoisotopic (exact) mass is 474 g/mol. The van der Waals surface area contributed by atoms with Gasteiger partial charge in [0, 0.05) is 24.0 Å². The van der Waals surface area contributed by atoms with E-state index < -0.39 is 0 Å². The van der Waals surface area contributed by atoms with E-state index in [0.29, 0.717) is 12.4 Å². The van der Waals surface area contributed by atoms with Crippen molar-refractivity contribution in [1.29, 1.82) is 0 Å². The fourth-order valence-corrected chi connectivity index (χ4v) is 2.97. The number of aryl methyl sites for hydroxylation is 2. The van der Waals surface area contributed by atoms with Gasteiger partial charge in [0.2, 0.25) is 5.89 Å². The fourth-order valence-electron chi connectivity index (χ4n) is 2.78. The molecule has 0 amide bonds. The van der Waals surface area contributed by atoms with Gasteiger partial charge in [0.1, 0.15) is 5.76 Å². The van der Waals surface area contributed by atoms with Crippen molar-refractivity contribution >= 4 is 41.5 Å². The van der Waals surface area contributed by atoms with Crippen molar-refractivity contribution in [3.8, 4) is 0 Å². The summed E-state index contributed by atoms with van der Waals surface area (Å²) in [6.07, 6.45) is 2.32. The fraction of sp³-hybridized carbons (Fsp3) is 0.444.